The van der Waals surface area contributed by atoms with Crippen molar-refractivity contribution < 1.29 is 14.3 Å². The molecule has 2 aromatic rings. The number of morpholine rings is 2. The van der Waals surface area contributed by atoms with Gasteiger partial charge in [-0.1, -0.05) is 30.3 Å². The van der Waals surface area contributed by atoms with Gasteiger partial charge >= 0.3 is 0 Å². The van der Waals surface area contributed by atoms with Crippen molar-refractivity contribution in [3.8, 4) is 0 Å². The largest absolute Gasteiger partial charge is 0.378 e. The average Bonchev–Trinajstić information content (AvgIpc) is 2.75. The molecular weight excluding hydrogens is 346 g/mol. The maximum Gasteiger partial charge on any atom is 0.230 e. The van der Waals surface area contributed by atoms with Gasteiger partial charge < -0.3 is 19.3 Å². The molecule has 0 aliphatic carbocycles. The Bertz CT molecular complexity index is 738. The number of carbonyl (C=O) groups excluding carboxylic acids is 1. The molecule has 1 aromatic carbocycles. The van der Waals surface area contributed by atoms with Crippen LogP contribution < -0.4 is 9.80 Å². The van der Waals surface area contributed by atoms with E-state index in [0.717, 1.165) is 26.2 Å². The smallest absolute Gasteiger partial charge is 0.230 e. The first kappa shape index (κ1) is 17.8. The summed E-state index contributed by atoms with van der Waals surface area (Å²) in [6.45, 7) is 5.54. The van der Waals surface area contributed by atoms with E-state index in [0.29, 0.717) is 49.7 Å². The Hall–Kier alpha value is -2.58. The van der Waals surface area contributed by atoms with Crippen molar-refractivity contribution in [1.29, 1.82) is 0 Å². The standard InChI is InChI=1S/C19H23N5O3/c25-16(15-4-2-1-3-5-15)14-17-20-18(23-6-10-26-11-7-23)22-19(21-17)24-8-12-27-13-9-24/h1-5H,6-14H2. The first-order valence-electron chi connectivity index (χ1n) is 9.28. The molecule has 3 heterocycles. The monoisotopic (exact) mass is 369 g/mol. The second-order valence-corrected chi connectivity index (χ2v) is 6.52. The first-order chi connectivity index (χ1) is 13.3. The van der Waals surface area contributed by atoms with E-state index in [9.17, 15) is 4.79 Å². The number of ketones is 1. The van der Waals surface area contributed by atoms with Crippen molar-refractivity contribution in [2.45, 2.75) is 6.42 Å². The van der Waals surface area contributed by atoms with Crippen molar-refractivity contribution in [2.75, 3.05) is 62.4 Å². The maximum absolute atomic E-state index is 12.6. The SMILES string of the molecule is O=C(Cc1nc(N2CCOCC2)nc(N2CCOCC2)n1)c1ccccc1. The van der Waals surface area contributed by atoms with Gasteiger partial charge in [0.05, 0.1) is 32.8 Å². The number of hydrogen-bond donors (Lipinski definition) is 0. The highest BCUT2D eigenvalue weighted by molar-refractivity contribution is 5.97. The van der Waals surface area contributed by atoms with Gasteiger partial charge in [-0.15, -0.1) is 0 Å². The Labute approximate surface area is 158 Å². The van der Waals surface area contributed by atoms with Gasteiger partial charge in [0.25, 0.3) is 0 Å². The average molecular weight is 369 g/mol. The number of hydrogen-bond acceptors (Lipinski definition) is 8. The third kappa shape index (κ3) is 4.40. The topological polar surface area (TPSA) is 80.7 Å². The van der Waals surface area contributed by atoms with Crippen molar-refractivity contribution in [2.24, 2.45) is 0 Å². The third-order valence-electron chi connectivity index (χ3n) is 4.66. The van der Waals surface area contributed by atoms with Crippen LogP contribution in [0.4, 0.5) is 11.9 Å². The minimum Gasteiger partial charge on any atom is -0.378 e. The van der Waals surface area contributed by atoms with Gasteiger partial charge in [0.15, 0.2) is 5.78 Å². The minimum atomic E-state index is 0.00246. The lowest BCUT2D eigenvalue weighted by Crippen LogP contribution is -2.40. The first-order valence-corrected chi connectivity index (χ1v) is 9.28. The summed E-state index contributed by atoms with van der Waals surface area (Å²) < 4.78 is 10.9. The van der Waals surface area contributed by atoms with E-state index < -0.39 is 0 Å². The van der Waals surface area contributed by atoms with E-state index in [4.69, 9.17) is 9.47 Å². The van der Waals surface area contributed by atoms with Gasteiger partial charge in [-0.25, -0.2) is 0 Å². The molecular formula is C19H23N5O3. The molecule has 0 unspecified atom stereocenters. The minimum absolute atomic E-state index is 0.00246. The van der Waals surface area contributed by atoms with E-state index in [2.05, 4.69) is 24.8 Å². The van der Waals surface area contributed by atoms with Crippen LogP contribution in [0.5, 0.6) is 0 Å². The lowest BCUT2D eigenvalue weighted by Gasteiger charge is -2.30. The summed E-state index contributed by atoms with van der Waals surface area (Å²) in [6, 6.07) is 9.25. The summed E-state index contributed by atoms with van der Waals surface area (Å²) in [5.41, 5.74) is 0.666. The quantitative estimate of drug-likeness (QED) is 0.722. The zero-order valence-corrected chi connectivity index (χ0v) is 15.2. The molecule has 2 aliphatic rings. The Morgan fingerprint density at radius 3 is 1.85 bits per heavy atom. The van der Waals surface area contributed by atoms with Gasteiger partial charge in [0.1, 0.15) is 5.82 Å². The summed E-state index contributed by atoms with van der Waals surface area (Å²) in [4.78, 5) is 30.6. The molecule has 0 atom stereocenters. The molecule has 8 nitrogen and oxygen atoms in total. The number of aromatic nitrogens is 3. The van der Waals surface area contributed by atoms with E-state index in [1.165, 1.54) is 0 Å². The fourth-order valence-electron chi connectivity index (χ4n) is 3.15. The fourth-order valence-corrected chi connectivity index (χ4v) is 3.15. The number of carbonyl (C=O) groups is 1. The highest BCUT2D eigenvalue weighted by Crippen LogP contribution is 2.17. The maximum atomic E-state index is 12.6. The summed E-state index contributed by atoms with van der Waals surface area (Å²) in [5, 5.41) is 0. The number of benzene rings is 1. The van der Waals surface area contributed by atoms with E-state index in [1.54, 1.807) is 0 Å². The Balaban J connectivity index is 1.61. The zero-order valence-electron chi connectivity index (χ0n) is 15.2. The Morgan fingerprint density at radius 1 is 0.815 bits per heavy atom. The van der Waals surface area contributed by atoms with Gasteiger partial charge in [-0.05, 0) is 0 Å². The molecule has 8 heteroatoms. The van der Waals surface area contributed by atoms with Crippen LogP contribution in [0.1, 0.15) is 16.2 Å². The van der Waals surface area contributed by atoms with E-state index in [1.807, 2.05) is 30.3 Å². The summed E-state index contributed by atoms with van der Waals surface area (Å²) in [7, 11) is 0. The molecule has 0 spiro atoms. The molecule has 2 aliphatic heterocycles. The molecule has 0 N–H and O–H groups in total. The molecule has 2 saturated heterocycles. The Morgan fingerprint density at radius 2 is 1.33 bits per heavy atom. The normalized spacial score (nSPS) is 17.8. The van der Waals surface area contributed by atoms with Crippen LogP contribution in [0.3, 0.4) is 0 Å². The number of anilines is 2. The van der Waals surface area contributed by atoms with Crippen LogP contribution in [-0.2, 0) is 15.9 Å². The molecule has 0 radical (unpaired) electrons. The van der Waals surface area contributed by atoms with E-state index in [-0.39, 0.29) is 12.2 Å². The van der Waals surface area contributed by atoms with Crippen LogP contribution in [0, 0.1) is 0 Å². The summed E-state index contributed by atoms with van der Waals surface area (Å²) in [5.74, 6) is 1.74. The lowest BCUT2D eigenvalue weighted by atomic mass is 10.1. The molecule has 27 heavy (non-hydrogen) atoms. The van der Waals surface area contributed by atoms with Crippen LogP contribution >= 0.6 is 0 Å². The number of ether oxygens (including phenoxy) is 2. The third-order valence-corrected chi connectivity index (χ3v) is 4.66. The highest BCUT2D eigenvalue weighted by Gasteiger charge is 2.21. The van der Waals surface area contributed by atoms with Crippen LogP contribution in [0.15, 0.2) is 30.3 Å². The zero-order chi connectivity index (χ0) is 18.5. The number of Topliss-reactive ketones (excluding diaryl/α,β-unsaturated/α-hetero) is 1. The summed E-state index contributed by atoms with van der Waals surface area (Å²) >= 11 is 0. The second-order valence-electron chi connectivity index (χ2n) is 6.52. The van der Waals surface area contributed by atoms with Crippen molar-refractivity contribution in [3.63, 3.8) is 0 Å². The van der Waals surface area contributed by atoms with Gasteiger partial charge in [-0.3, -0.25) is 4.79 Å². The van der Waals surface area contributed by atoms with Crippen LogP contribution in [0.25, 0.3) is 0 Å². The molecule has 4 rings (SSSR count). The number of rotatable bonds is 5. The predicted molar refractivity (Wildman–Crippen MR) is 100 cm³/mol. The summed E-state index contributed by atoms with van der Waals surface area (Å²) in [6.07, 6.45) is 0.154. The van der Waals surface area contributed by atoms with Gasteiger partial charge in [0, 0.05) is 31.7 Å². The van der Waals surface area contributed by atoms with Gasteiger partial charge in [-0.2, -0.15) is 15.0 Å². The second kappa shape index (κ2) is 8.41. The van der Waals surface area contributed by atoms with E-state index >= 15 is 0 Å². The Kier molecular flexibility index (Phi) is 5.55. The molecule has 0 saturated carbocycles. The van der Waals surface area contributed by atoms with Crippen LogP contribution in [0.2, 0.25) is 0 Å². The fraction of sp³-hybridized carbons (Fsp3) is 0.474. The lowest BCUT2D eigenvalue weighted by molar-refractivity contribution is 0.0990. The highest BCUT2D eigenvalue weighted by atomic mass is 16.5. The predicted octanol–water partition coefficient (Wildman–Crippen LogP) is 0.970. The van der Waals surface area contributed by atoms with Crippen molar-refractivity contribution in [1.82, 2.24) is 15.0 Å². The van der Waals surface area contributed by atoms with Crippen LogP contribution in [-0.4, -0.2) is 73.3 Å². The van der Waals surface area contributed by atoms with Crippen molar-refractivity contribution >= 4 is 17.7 Å². The molecule has 142 valence electrons. The molecule has 0 amide bonds. The molecule has 1 aromatic heterocycles. The van der Waals surface area contributed by atoms with Gasteiger partial charge in [0.2, 0.25) is 11.9 Å². The van der Waals surface area contributed by atoms with Crippen molar-refractivity contribution in [3.05, 3.63) is 41.7 Å². The molecule has 2 fully saturated rings. The number of nitrogens with zero attached hydrogens (tertiary/aromatic N) is 5. The molecule has 0 bridgehead atoms.